The van der Waals surface area contributed by atoms with Gasteiger partial charge in [0.15, 0.2) is 0 Å². The monoisotopic (exact) mass is 114 g/mol. The minimum atomic E-state index is 1.04. The van der Waals surface area contributed by atoms with E-state index in [4.69, 9.17) is 0 Å². The zero-order valence-corrected chi connectivity index (χ0v) is 5.59. The van der Waals surface area contributed by atoms with E-state index in [1.165, 1.54) is 19.3 Å². The Balaban J connectivity index is 2.06. The Kier molecular flexibility index (Phi) is 0.758. The summed E-state index contributed by atoms with van der Waals surface area (Å²) < 4.78 is 0. The third-order valence-electron chi connectivity index (χ3n) is 2.47. The Morgan fingerprint density at radius 1 is 1.14 bits per heavy atom. The first-order chi connectivity index (χ1) is 3.39. The Morgan fingerprint density at radius 3 is 2.00 bits per heavy atom. The summed E-state index contributed by atoms with van der Waals surface area (Å²) in [4.78, 5) is 0. The molecule has 3 unspecified atom stereocenters. The highest BCUT2D eigenvalue weighted by molar-refractivity contribution is 7.18. The van der Waals surface area contributed by atoms with Crippen LogP contribution in [0.5, 0.6) is 0 Å². The molecule has 0 aliphatic heterocycles. The highest BCUT2D eigenvalue weighted by Crippen LogP contribution is 2.56. The second-order valence-corrected chi connectivity index (χ2v) is 3.61. The second-order valence-electron chi connectivity index (χ2n) is 2.84. The minimum Gasteiger partial charge on any atom is -0.134 e. The third-order valence-corrected chi connectivity index (χ3v) is 3.46. The van der Waals surface area contributed by atoms with Crippen molar-refractivity contribution in [1.29, 1.82) is 0 Å². The SMILES string of the molecule is PC1C2CCCC12. The highest BCUT2D eigenvalue weighted by Gasteiger charge is 2.49. The molecule has 2 aliphatic carbocycles. The van der Waals surface area contributed by atoms with Gasteiger partial charge in [-0.05, 0) is 30.3 Å². The summed E-state index contributed by atoms with van der Waals surface area (Å²) >= 11 is 0. The smallest absolute Gasteiger partial charge is 0.0202 e. The van der Waals surface area contributed by atoms with Gasteiger partial charge in [-0.25, -0.2) is 0 Å². The third kappa shape index (κ3) is 0.467. The van der Waals surface area contributed by atoms with Crippen LogP contribution in [0.2, 0.25) is 0 Å². The van der Waals surface area contributed by atoms with E-state index in [1.54, 1.807) is 0 Å². The molecule has 2 saturated carbocycles. The molecule has 1 heteroatoms. The van der Waals surface area contributed by atoms with Gasteiger partial charge in [-0.1, -0.05) is 6.42 Å². The lowest BCUT2D eigenvalue weighted by atomic mass is 10.2. The molecule has 40 valence electrons. The second kappa shape index (κ2) is 1.23. The lowest BCUT2D eigenvalue weighted by molar-refractivity contribution is 0.742. The van der Waals surface area contributed by atoms with Crippen LogP contribution in [0.4, 0.5) is 0 Å². The van der Waals surface area contributed by atoms with Gasteiger partial charge < -0.3 is 0 Å². The zero-order valence-electron chi connectivity index (χ0n) is 4.43. The molecule has 0 saturated heterocycles. The predicted molar refractivity (Wildman–Crippen MR) is 34.3 cm³/mol. The molecule has 0 amide bonds. The van der Waals surface area contributed by atoms with Crippen molar-refractivity contribution in [2.75, 3.05) is 0 Å². The highest BCUT2D eigenvalue weighted by atomic mass is 31.0. The van der Waals surface area contributed by atoms with Gasteiger partial charge in [0, 0.05) is 0 Å². The van der Waals surface area contributed by atoms with Crippen molar-refractivity contribution in [3.8, 4) is 0 Å². The van der Waals surface area contributed by atoms with Crippen molar-refractivity contribution in [3.05, 3.63) is 0 Å². The summed E-state index contributed by atoms with van der Waals surface area (Å²) in [6, 6.07) is 0. The zero-order chi connectivity index (χ0) is 4.85. The number of hydrogen-bond donors (Lipinski definition) is 0. The molecule has 0 bridgehead atoms. The van der Waals surface area contributed by atoms with E-state index in [-0.39, 0.29) is 0 Å². The Morgan fingerprint density at radius 2 is 1.71 bits per heavy atom. The molecule has 7 heavy (non-hydrogen) atoms. The summed E-state index contributed by atoms with van der Waals surface area (Å²) in [5, 5.41) is 0. The summed E-state index contributed by atoms with van der Waals surface area (Å²) in [5.74, 6) is 2.29. The van der Waals surface area contributed by atoms with E-state index < -0.39 is 0 Å². The standard InChI is InChI=1S/C6H11P/c7-6-4-2-1-3-5(4)6/h4-6H,1-3,7H2. The van der Waals surface area contributed by atoms with E-state index in [0.717, 1.165) is 17.5 Å². The molecule has 0 radical (unpaired) electrons. The molecule has 0 aromatic heterocycles. The topological polar surface area (TPSA) is 0 Å². The van der Waals surface area contributed by atoms with Crippen LogP contribution in [-0.2, 0) is 0 Å². The minimum absolute atomic E-state index is 1.04. The van der Waals surface area contributed by atoms with Gasteiger partial charge in [0.2, 0.25) is 0 Å². The normalized spacial score (nSPS) is 57.0. The maximum atomic E-state index is 2.94. The Labute approximate surface area is 46.9 Å². The lowest BCUT2D eigenvalue weighted by Gasteiger charge is -1.89. The Bertz CT molecular complexity index is 80.2. The van der Waals surface area contributed by atoms with Crippen LogP contribution in [-0.4, -0.2) is 5.66 Å². The van der Waals surface area contributed by atoms with Gasteiger partial charge in [-0.2, -0.15) is 0 Å². The fourth-order valence-electron chi connectivity index (χ4n) is 1.88. The maximum absolute atomic E-state index is 2.94. The molecule has 0 aromatic rings. The quantitative estimate of drug-likeness (QED) is 0.420. The van der Waals surface area contributed by atoms with E-state index in [9.17, 15) is 0 Å². The molecule has 0 spiro atoms. The average molecular weight is 114 g/mol. The predicted octanol–water partition coefficient (Wildman–Crippen LogP) is 1.66. The summed E-state index contributed by atoms with van der Waals surface area (Å²) in [6.45, 7) is 0. The van der Waals surface area contributed by atoms with Gasteiger partial charge in [-0.3, -0.25) is 0 Å². The van der Waals surface area contributed by atoms with Crippen LogP contribution in [0.25, 0.3) is 0 Å². The Hall–Kier alpha value is 0.430. The van der Waals surface area contributed by atoms with Crippen LogP contribution in [0.3, 0.4) is 0 Å². The van der Waals surface area contributed by atoms with Gasteiger partial charge in [0.1, 0.15) is 0 Å². The van der Waals surface area contributed by atoms with Crippen molar-refractivity contribution in [1.82, 2.24) is 0 Å². The molecule has 2 rings (SSSR count). The van der Waals surface area contributed by atoms with Crippen LogP contribution >= 0.6 is 9.24 Å². The van der Waals surface area contributed by atoms with Crippen molar-refractivity contribution in [2.24, 2.45) is 11.8 Å². The first-order valence-corrected chi connectivity index (χ1v) is 3.82. The molecule has 0 heterocycles. The average Bonchev–Trinajstić information content (AvgIpc) is 2.26. The number of rotatable bonds is 0. The van der Waals surface area contributed by atoms with E-state index >= 15 is 0 Å². The first-order valence-electron chi connectivity index (χ1n) is 3.15. The molecule has 3 atom stereocenters. The van der Waals surface area contributed by atoms with E-state index in [2.05, 4.69) is 9.24 Å². The van der Waals surface area contributed by atoms with Crippen LogP contribution in [0.15, 0.2) is 0 Å². The number of hydrogen-bond acceptors (Lipinski definition) is 0. The van der Waals surface area contributed by atoms with Crippen molar-refractivity contribution in [2.45, 2.75) is 24.9 Å². The summed E-state index contributed by atoms with van der Waals surface area (Å²) in [5.41, 5.74) is 1.04. The van der Waals surface area contributed by atoms with Gasteiger partial charge in [0.05, 0.1) is 0 Å². The van der Waals surface area contributed by atoms with Crippen LogP contribution in [0.1, 0.15) is 19.3 Å². The molecule has 0 N–H and O–H groups in total. The largest absolute Gasteiger partial charge is 0.134 e. The molecule has 2 fully saturated rings. The van der Waals surface area contributed by atoms with Crippen molar-refractivity contribution < 1.29 is 0 Å². The van der Waals surface area contributed by atoms with Crippen LogP contribution < -0.4 is 0 Å². The van der Waals surface area contributed by atoms with Crippen LogP contribution in [0, 0.1) is 11.8 Å². The fourth-order valence-corrected chi connectivity index (χ4v) is 2.70. The van der Waals surface area contributed by atoms with E-state index in [1.807, 2.05) is 0 Å². The van der Waals surface area contributed by atoms with Crippen molar-refractivity contribution >= 4 is 9.24 Å². The lowest BCUT2D eigenvalue weighted by Crippen LogP contribution is -1.78. The van der Waals surface area contributed by atoms with Gasteiger partial charge in [0.25, 0.3) is 0 Å². The van der Waals surface area contributed by atoms with E-state index in [0.29, 0.717) is 0 Å². The molecule has 0 nitrogen and oxygen atoms in total. The number of fused-ring (bicyclic) bond motifs is 1. The van der Waals surface area contributed by atoms with Crippen molar-refractivity contribution in [3.63, 3.8) is 0 Å². The first kappa shape index (κ1) is 4.32. The molecule has 2 aliphatic rings. The molecular formula is C6H11P. The fraction of sp³-hybridized carbons (Fsp3) is 1.00. The maximum Gasteiger partial charge on any atom is -0.0202 e. The van der Waals surface area contributed by atoms with Gasteiger partial charge in [-0.15, -0.1) is 9.24 Å². The summed E-state index contributed by atoms with van der Waals surface area (Å²) in [7, 11) is 2.94. The molecular weight excluding hydrogens is 103 g/mol. The molecule has 0 aromatic carbocycles. The summed E-state index contributed by atoms with van der Waals surface area (Å²) in [6.07, 6.45) is 4.57. The van der Waals surface area contributed by atoms with Gasteiger partial charge >= 0.3 is 0 Å².